The molecule has 2 aromatic rings. The van der Waals surface area contributed by atoms with Crippen molar-refractivity contribution >= 4 is 17.5 Å². The molecule has 2 atom stereocenters. The van der Waals surface area contributed by atoms with Gasteiger partial charge < -0.3 is 19.3 Å². The molecule has 6 heteroatoms. The van der Waals surface area contributed by atoms with Gasteiger partial charge in [0.05, 0.1) is 31.9 Å². The first-order valence-electron chi connectivity index (χ1n) is 9.56. The molecule has 0 aromatic heterocycles. The molecule has 0 radical (unpaired) electrons. The van der Waals surface area contributed by atoms with Crippen LogP contribution in [0.15, 0.2) is 54.6 Å². The van der Waals surface area contributed by atoms with Crippen molar-refractivity contribution in [1.29, 1.82) is 0 Å². The number of ether oxygens (including phenoxy) is 2. The van der Waals surface area contributed by atoms with Gasteiger partial charge >= 0.3 is 0 Å². The summed E-state index contributed by atoms with van der Waals surface area (Å²) in [4.78, 5) is 29.2. The first-order valence-corrected chi connectivity index (χ1v) is 9.56. The molecular formula is C22H24N2O4. The summed E-state index contributed by atoms with van der Waals surface area (Å²) in [7, 11) is 1.58. The smallest absolute Gasteiger partial charge is 0.228 e. The molecule has 2 fully saturated rings. The van der Waals surface area contributed by atoms with E-state index in [-0.39, 0.29) is 30.3 Å². The van der Waals surface area contributed by atoms with Crippen molar-refractivity contribution in [2.24, 2.45) is 5.92 Å². The zero-order chi connectivity index (χ0) is 19.5. The van der Waals surface area contributed by atoms with Crippen LogP contribution in [-0.2, 0) is 14.3 Å². The van der Waals surface area contributed by atoms with Crippen LogP contribution in [0, 0.1) is 5.92 Å². The molecule has 0 N–H and O–H groups in total. The number of carbonyl (C=O) groups is 2. The lowest BCUT2D eigenvalue weighted by atomic mass is 10.0. The van der Waals surface area contributed by atoms with Gasteiger partial charge in [0.25, 0.3) is 0 Å². The maximum atomic E-state index is 13.1. The number of carbonyl (C=O) groups excluding carboxylic acids is 2. The van der Waals surface area contributed by atoms with Crippen LogP contribution in [0.5, 0.6) is 5.75 Å². The monoisotopic (exact) mass is 380 g/mol. The molecule has 146 valence electrons. The quantitative estimate of drug-likeness (QED) is 0.818. The summed E-state index contributed by atoms with van der Waals surface area (Å²) in [6.45, 7) is 1.96. The molecule has 0 bridgehead atoms. The highest BCUT2D eigenvalue weighted by atomic mass is 16.5. The number of methoxy groups -OCH3 is 1. The average molecular weight is 380 g/mol. The number of hydrogen-bond acceptors (Lipinski definition) is 4. The van der Waals surface area contributed by atoms with Gasteiger partial charge in [-0.1, -0.05) is 42.5 Å². The van der Waals surface area contributed by atoms with E-state index in [0.717, 1.165) is 11.3 Å². The van der Waals surface area contributed by atoms with E-state index in [1.54, 1.807) is 12.0 Å². The minimum Gasteiger partial charge on any atom is -0.495 e. The number of amides is 2. The molecule has 2 saturated heterocycles. The minimum atomic E-state index is -0.341. The lowest BCUT2D eigenvalue weighted by Crippen LogP contribution is -2.45. The fourth-order valence-corrected chi connectivity index (χ4v) is 3.94. The Kier molecular flexibility index (Phi) is 5.30. The molecular weight excluding hydrogens is 356 g/mol. The van der Waals surface area contributed by atoms with E-state index in [4.69, 9.17) is 9.47 Å². The molecule has 4 rings (SSSR count). The number of morpholine rings is 1. The Balaban J connectivity index is 1.46. The van der Waals surface area contributed by atoms with E-state index in [1.165, 1.54) is 0 Å². The van der Waals surface area contributed by atoms with Crippen molar-refractivity contribution in [2.45, 2.75) is 12.5 Å². The number of para-hydroxylation sites is 2. The molecule has 28 heavy (non-hydrogen) atoms. The van der Waals surface area contributed by atoms with E-state index in [2.05, 4.69) is 0 Å². The Morgan fingerprint density at radius 1 is 1.07 bits per heavy atom. The summed E-state index contributed by atoms with van der Waals surface area (Å²) in [5.41, 5.74) is 1.78. The molecule has 0 saturated carbocycles. The fraction of sp³-hybridized carbons (Fsp3) is 0.364. The van der Waals surface area contributed by atoms with Gasteiger partial charge in [0.2, 0.25) is 11.8 Å². The van der Waals surface area contributed by atoms with Gasteiger partial charge in [-0.05, 0) is 17.7 Å². The fourth-order valence-electron chi connectivity index (χ4n) is 3.94. The summed E-state index contributed by atoms with van der Waals surface area (Å²) in [5.74, 6) is 0.275. The van der Waals surface area contributed by atoms with E-state index < -0.39 is 0 Å². The second-order valence-corrected chi connectivity index (χ2v) is 7.13. The third kappa shape index (κ3) is 3.60. The minimum absolute atomic E-state index is 0.0231. The first-order chi connectivity index (χ1) is 13.7. The Morgan fingerprint density at radius 2 is 1.82 bits per heavy atom. The molecule has 2 aromatic carbocycles. The number of anilines is 1. The van der Waals surface area contributed by atoms with Crippen molar-refractivity contribution in [3.05, 3.63) is 60.2 Å². The first kappa shape index (κ1) is 18.5. The predicted octanol–water partition coefficient (Wildman–Crippen LogP) is 2.65. The number of benzene rings is 2. The molecule has 2 heterocycles. The largest absolute Gasteiger partial charge is 0.495 e. The van der Waals surface area contributed by atoms with Gasteiger partial charge in [0.15, 0.2) is 0 Å². The van der Waals surface area contributed by atoms with Crippen molar-refractivity contribution in [3.8, 4) is 5.75 Å². The zero-order valence-electron chi connectivity index (χ0n) is 15.9. The van der Waals surface area contributed by atoms with Crippen molar-refractivity contribution in [1.82, 2.24) is 4.90 Å². The van der Waals surface area contributed by atoms with Gasteiger partial charge in [-0.3, -0.25) is 9.59 Å². The van der Waals surface area contributed by atoms with Crippen LogP contribution in [0.25, 0.3) is 0 Å². The van der Waals surface area contributed by atoms with Crippen molar-refractivity contribution in [3.63, 3.8) is 0 Å². The number of nitrogens with zero attached hydrogens (tertiary/aromatic N) is 2. The average Bonchev–Trinajstić information content (AvgIpc) is 3.15. The normalized spacial score (nSPS) is 22.4. The molecule has 0 spiro atoms. The summed E-state index contributed by atoms with van der Waals surface area (Å²) < 4.78 is 11.2. The molecule has 6 nitrogen and oxygen atoms in total. The Labute approximate surface area is 164 Å². The number of hydrogen-bond donors (Lipinski definition) is 0. The summed E-state index contributed by atoms with van der Waals surface area (Å²) in [6, 6.07) is 17.3. The van der Waals surface area contributed by atoms with Crippen LogP contribution < -0.4 is 9.64 Å². The van der Waals surface area contributed by atoms with Gasteiger partial charge in [-0.15, -0.1) is 0 Å². The lowest BCUT2D eigenvalue weighted by Gasteiger charge is -2.34. The molecule has 2 unspecified atom stereocenters. The highest BCUT2D eigenvalue weighted by Gasteiger charge is 2.39. The molecule has 2 aliphatic rings. The number of rotatable bonds is 4. The van der Waals surface area contributed by atoms with Crippen LogP contribution in [0.4, 0.5) is 5.69 Å². The predicted molar refractivity (Wildman–Crippen MR) is 105 cm³/mol. The van der Waals surface area contributed by atoms with Crippen LogP contribution in [0.2, 0.25) is 0 Å². The van der Waals surface area contributed by atoms with E-state index in [9.17, 15) is 9.59 Å². The third-order valence-corrected chi connectivity index (χ3v) is 5.40. The second-order valence-electron chi connectivity index (χ2n) is 7.13. The second kappa shape index (κ2) is 8.02. The Hall–Kier alpha value is -2.86. The van der Waals surface area contributed by atoms with Crippen molar-refractivity contribution < 1.29 is 19.1 Å². The van der Waals surface area contributed by atoms with Gasteiger partial charge in [-0.2, -0.15) is 0 Å². The zero-order valence-corrected chi connectivity index (χ0v) is 15.9. The van der Waals surface area contributed by atoms with E-state index >= 15 is 0 Å². The molecule has 2 aliphatic heterocycles. The maximum Gasteiger partial charge on any atom is 0.228 e. The summed E-state index contributed by atoms with van der Waals surface area (Å²) in [5, 5.41) is 0. The van der Waals surface area contributed by atoms with Gasteiger partial charge in [0.1, 0.15) is 11.9 Å². The van der Waals surface area contributed by atoms with Crippen LogP contribution in [0.1, 0.15) is 18.1 Å². The van der Waals surface area contributed by atoms with Crippen molar-refractivity contribution in [2.75, 3.05) is 38.3 Å². The van der Waals surface area contributed by atoms with E-state index in [1.807, 2.05) is 59.5 Å². The summed E-state index contributed by atoms with van der Waals surface area (Å²) >= 11 is 0. The van der Waals surface area contributed by atoms with Crippen LogP contribution in [0.3, 0.4) is 0 Å². The summed E-state index contributed by atoms with van der Waals surface area (Å²) in [6.07, 6.45) is 0.103. The Bertz CT molecular complexity index is 855. The van der Waals surface area contributed by atoms with Crippen LogP contribution >= 0.6 is 0 Å². The molecule has 0 aliphatic carbocycles. The van der Waals surface area contributed by atoms with Gasteiger partial charge in [-0.25, -0.2) is 0 Å². The van der Waals surface area contributed by atoms with Crippen LogP contribution in [-0.4, -0.2) is 50.1 Å². The highest BCUT2D eigenvalue weighted by molar-refractivity contribution is 6.01. The Morgan fingerprint density at radius 3 is 2.61 bits per heavy atom. The van der Waals surface area contributed by atoms with E-state index in [0.29, 0.717) is 32.0 Å². The lowest BCUT2D eigenvalue weighted by molar-refractivity contribution is -0.143. The molecule has 2 amide bonds. The maximum absolute atomic E-state index is 13.1. The standard InChI is InChI=1S/C22H24N2O4/c1-27-19-10-6-5-9-18(19)24-14-17(13-21(24)25)22(26)23-11-12-28-20(15-23)16-7-3-2-4-8-16/h2-10,17,20H,11-15H2,1H3. The highest BCUT2D eigenvalue weighted by Crippen LogP contribution is 2.34. The van der Waals surface area contributed by atoms with Gasteiger partial charge in [0, 0.05) is 19.5 Å². The topological polar surface area (TPSA) is 59.1 Å². The third-order valence-electron chi connectivity index (χ3n) is 5.40. The SMILES string of the molecule is COc1ccccc1N1CC(C(=O)N2CCOC(c3ccccc3)C2)CC1=O.